The van der Waals surface area contributed by atoms with Crippen molar-refractivity contribution in [2.75, 3.05) is 11.9 Å². The monoisotopic (exact) mass is 542 g/mol. The van der Waals surface area contributed by atoms with Gasteiger partial charge in [0.25, 0.3) is 5.88 Å². The zero-order valence-corrected chi connectivity index (χ0v) is 20.2. The van der Waals surface area contributed by atoms with Crippen LogP contribution in [-0.4, -0.2) is 39.7 Å². The van der Waals surface area contributed by atoms with Crippen LogP contribution in [0, 0.1) is 11.6 Å². The second-order valence-corrected chi connectivity index (χ2v) is 8.98. The molecular formula is C24H20ClF5N4O3. The Labute approximate surface area is 212 Å². The van der Waals surface area contributed by atoms with Crippen molar-refractivity contribution in [3.05, 3.63) is 74.8 Å². The van der Waals surface area contributed by atoms with Gasteiger partial charge in [0, 0.05) is 35.6 Å². The van der Waals surface area contributed by atoms with Crippen molar-refractivity contribution >= 4 is 23.3 Å². The van der Waals surface area contributed by atoms with Crippen LogP contribution < -0.4 is 15.6 Å². The minimum atomic E-state index is -4.68. The van der Waals surface area contributed by atoms with Crippen LogP contribution in [0.3, 0.4) is 0 Å². The molecule has 0 saturated carbocycles. The first-order valence-corrected chi connectivity index (χ1v) is 11.4. The van der Waals surface area contributed by atoms with E-state index in [-0.39, 0.29) is 33.4 Å². The number of H-pyrrole nitrogens is 1. The molecule has 3 heterocycles. The molecule has 2 atom stereocenters. The summed E-state index contributed by atoms with van der Waals surface area (Å²) in [7, 11) is 0. The molecule has 2 unspecified atom stereocenters. The number of nitrogens with zero attached hydrogens (tertiary/aromatic N) is 2. The third-order valence-corrected chi connectivity index (χ3v) is 6.24. The van der Waals surface area contributed by atoms with E-state index in [9.17, 15) is 31.5 Å². The van der Waals surface area contributed by atoms with Gasteiger partial charge in [-0.1, -0.05) is 11.6 Å². The van der Waals surface area contributed by atoms with Crippen LogP contribution >= 0.6 is 11.6 Å². The van der Waals surface area contributed by atoms with E-state index in [1.165, 1.54) is 11.0 Å². The van der Waals surface area contributed by atoms with Gasteiger partial charge in [0.05, 0.1) is 16.8 Å². The van der Waals surface area contributed by atoms with E-state index in [1.807, 2.05) is 0 Å². The van der Waals surface area contributed by atoms with Crippen molar-refractivity contribution in [3.8, 4) is 17.0 Å². The molecule has 4 rings (SSSR count). The smallest absolute Gasteiger partial charge is 0.422 e. The Kier molecular flexibility index (Phi) is 7.13. The van der Waals surface area contributed by atoms with Crippen LogP contribution in [-0.2, 0) is 6.42 Å². The van der Waals surface area contributed by atoms with E-state index < -0.39 is 42.4 Å². The van der Waals surface area contributed by atoms with Crippen molar-refractivity contribution < 1.29 is 31.5 Å². The molecule has 0 bridgehead atoms. The summed E-state index contributed by atoms with van der Waals surface area (Å²) in [5.41, 5.74) is 1.10. The van der Waals surface area contributed by atoms with Crippen LogP contribution in [0.15, 0.2) is 41.5 Å². The summed E-state index contributed by atoms with van der Waals surface area (Å²) in [6.45, 7) is 1.86. The molecule has 2 amide bonds. The number of aromatic amines is 1. The number of aromatic nitrogens is 2. The molecule has 1 aliphatic rings. The van der Waals surface area contributed by atoms with Crippen LogP contribution in [0.1, 0.15) is 31.0 Å². The van der Waals surface area contributed by atoms with E-state index in [0.29, 0.717) is 6.42 Å². The van der Waals surface area contributed by atoms with Crippen LogP contribution in [0.2, 0.25) is 5.02 Å². The Morgan fingerprint density at radius 1 is 1.22 bits per heavy atom. The number of ether oxygens (including phenoxy) is 1. The highest BCUT2D eigenvalue weighted by Gasteiger charge is 2.33. The van der Waals surface area contributed by atoms with Crippen molar-refractivity contribution in [2.24, 2.45) is 0 Å². The molecule has 0 radical (unpaired) electrons. The van der Waals surface area contributed by atoms with E-state index in [4.69, 9.17) is 11.6 Å². The van der Waals surface area contributed by atoms with Gasteiger partial charge in [0.2, 0.25) is 5.56 Å². The highest BCUT2D eigenvalue weighted by atomic mass is 35.5. The second-order valence-electron chi connectivity index (χ2n) is 8.57. The van der Waals surface area contributed by atoms with Crippen LogP contribution in [0.25, 0.3) is 11.1 Å². The van der Waals surface area contributed by atoms with Gasteiger partial charge in [-0.05, 0) is 49.6 Å². The van der Waals surface area contributed by atoms with Gasteiger partial charge in [-0.25, -0.2) is 18.6 Å². The molecule has 2 N–H and O–H groups in total. The molecule has 1 aliphatic heterocycles. The maximum Gasteiger partial charge on any atom is 0.422 e. The van der Waals surface area contributed by atoms with Gasteiger partial charge in [-0.3, -0.25) is 4.79 Å². The molecule has 196 valence electrons. The summed E-state index contributed by atoms with van der Waals surface area (Å²) in [6, 6.07) is 3.08. The quantitative estimate of drug-likeness (QED) is 0.405. The average molecular weight is 543 g/mol. The third kappa shape index (κ3) is 5.68. The van der Waals surface area contributed by atoms with Gasteiger partial charge >= 0.3 is 12.2 Å². The summed E-state index contributed by atoms with van der Waals surface area (Å²) >= 11 is 6.26. The lowest BCUT2D eigenvalue weighted by Gasteiger charge is -2.40. The molecule has 37 heavy (non-hydrogen) atoms. The van der Waals surface area contributed by atoms with Crippen LogP contribution in [0.4, 0.5) is 32.4 Å². The molecule has 0 fully saturated rings. The fourth-order valence-electron chi connectivity index (χ4n) is 4.29. The van der Waals surface area contributed by atoms with Crippen molar-refractivity contribution in [3.63, 3.8) is 0 Å². The maximum absolute atomic E-state index is 15.0. The first-order valence-electron chi connectivity index (χ1n) is 11.0. The average Bonchev–Trinajstić information content (AvgIpc) is 2.79. The fraction of sp³-hybridized carbons (Fsp3) is 0.292. The molecule has 7 nitrogen and oxygen atoms in total. The summed E-state index contributed by atoms with van der Waals surface area (Å²) < 4.78 is 70.4. The Hall–Kier alpha value is -3.67. The summed E-state index contributed by atoms with van der Waals surface area (Å²) in [6.07, 6.45) is -1.70. The van der Waals surface area contributed by atoms with Gasteiger partial charge in [-0.15, -0.1) is 0 Å². The molecule has 0 saturated heterocycles. The zero-order chi connectivity index (χ0) is 27.1. The SMILES string of the molecule is CC1Cc2cc(=O)[nH]cc2C(C)N1C(=O)Nc1cc(Cl)c(-c2cnc(OCC(F)(F)F)c(F)c2)cc1F. The summed E-state index contributed by atoms with van der Waals surface area (Å²) in [5, 5.41) is 2.43. The molecule has 0 aliphatic carbocycles. The number of nitrogens with one attached hydrogen (secondary N) is 2. The number of carbonyl (C=O) groups is 1. The number of hydrogen-bond acceptors (Lipinski definition) is 4. The Morgan fingerprint density at radius 2 is 1.95 bits per heavy atom. The first kappa shape index (κ1) is 26.4. The zero-order valence-electron chi connectivity index (χ0n) is 19.4. The van der Waals surface area contributed by atoms with Crippen molar-refractivity contribution in [1.82, 2.24) is 14.9 Å². The highest BCUT2D eigenvalue weighted by molar-refractivity contribution is 6.33. The van der Waals surface area contributed by atoms with Gasteiger partial charge in [0.1, 0.15) is 5.82 Å². The van der Waals surface area contributed by atoms with Crippen molar-refractivity contribution in [1.29, 1.82) is 0 Å². The fourth-order valence-corrected chi connectivity index (χ4v) is 4.56. The second kappa shape index (κ2) is 10.0. The number of benzene rings is 1. The number of rotatable bonds is 4. The van der Waals surface area contributed by atoms with Crippen molar-refractivity contribution in [2.45, 2.75) is 38.5 Å². The highest BCUT2D eigenvalue weighted by Crippen LogP contribution is 2.36. The Bertz CT molecular complexity index is 1410. The Morgan fingerprint density at radius 3 is 2.62 bits per heavy atom. The molecule has 1 aromatic carbocycles. The third-order valence-electron chi connectivity index (χ3n) is 5.93. The largest absolute Gasteiger partial charge is 0.466 e. The van der Waals surface area contributed by atoms with Crippen LogP contribution in [0.5, 0.6) is 5.88 Å². The Balaban J connectivity index is 1.54. The lowest BCUT2D eigenvalue weighted by Crippen LogP contribution is -2.47. The number of pyridine rings is 2. The predicted octanol–water partition coefficient (Wildman–Crippen LogP) is 5.85. The van der Waals surface area contributed by atoms with E-state index >= 15 is 0 Å². The summed E-state index contributed by atoms with van der Waals surface area (Å²) in [5.74, 6) is -2.94. The van der Waals surface area contributed by atoms with Gasteiger partial charge < -0.3 is 19.9 Å². The minimum Gasteiger partial charge on any atom is -0.466 e. The maximum atomic E-state index is 15.0. The summed E-state index contributed by atoms with van der Waals surface area (Å²) in [4.78, 5) is 32.3. The van der Waals surface area contributed by atoms with E-state index in [2.05, 4.69) is 20.0 Å². The number of alkyl halides is 3. The molecule has 2 aromatic heterocycles. The number of fused-ring (bicyclic) bond motifs is 1. The minimum absolute atomic E-state index is 0.00327. The normalized spacial score (nSPS) is 17.4. The molecule has 3 aromatic rings. The lowest BCUT2D eigenvalue weighted by atomic mass is 9.91. The van der Waals surface area contributed by atoms with Gasteiger partial charge in [0.15, 0.2) is 12.4 Å². The number of urea groups is 1. The first-order chi connectivity index (χ1) is 17.3. The van der Waals surface area contributed by atoms with E-state index in [0.717, 1.165) is 35.5 Å². The number of hydrogen-bond donors (Lipinski definition) is 2. The number of halogens is 6. The van der Waals surface area contributed by atoms with E-state index in [1.54, 1.807) is 20.0 Å². The molecule has 0 spiro atoms. The topological polar surface area (TPSA) is 87.3 Å². The molecule has 13 heteroatoms. The number of amides is 2. The molecular weight excluding hydrogens is 523 g/mol. The number of carbonyl (C=O) groups excluding carboxylic acids is 1. The predicted molar refractivity (Wildman–Crippen MR) is 126 cm³/mol. The standard InChI is InChI=1S/C24H20ClF5N4O3/c1-11-3-13-5-21(35)31-9-16(13)12(2)34(11)23(36)33-20-7-17(25)15(6-18(20)26)14-4-19(27)22(32-8-14)37-10-24(28,29)30/h4-9,11-12H,3,10H2,1-2H3,(H,31,35)(H,33,36). The van der Waals surface area contributed by atoms with Gasteiger partial charge in [-0.2, -0.15) is 13.2 Å². The lowest BCUT2D eigenvalue weighted by molar-refractivity contribution is -0.154. The number of anilines is 1.